The van der Waals surface area contributed by atoms with Crippen LogP contribution in [0.25, 0.3) is 0 Å². The Kier molecular flexibility index (Phi) is 4.37. The first-order valence-electron chi connectivity index (χ1n) is 6.78. The highest BCUT2D eigenvalue weighted by Gasteiger charge is 2.23. The monoisotopic (exact) mass is 245 g/mol. The van der Waals surface area contributed by atoms with Gasteiger partial charge in [-0.15, -0.1) is 0 Å². The first-order valence-corrected chi connectivity index (χ1v) is 6.78. The molecule has 1 aromatic carbocycles. The van der Waals surface area contributed by atoms with Gasteiger partial charge in [-0.3, -0.25) is 10.3 Å². The van der Waals surface area contributed by atoms with Crippen LogP contribution in [0.5, 0.6) is 0 Å². The lowest BCUT2D eigenvalue weighted by atomic mass is 9.89. The van der Waals surface area contributed by atoms with Crippen LogP contribution in [0, 0.1) is 11.3 Å². The number of benzene rings is 1. The minimum absolute atomic E-state index is 0.0997. The Bertz CT molecular complexity index is 380. The van der Waals surface area contributed by atoms with Gasteiger partial charge in [0.05, 0.1) is 6.04 Å². The molecule has 0 bridgehead atoms. The summed E-state index contributed by atoms with van der Waals surface area (Å²) < 4.78 is 0. The minimum Gasteiger partial charge on any atom is -0.386 e. The maximum atomic E-state index is 7.50. The number of likely N-dealkylation sites (tertiary alicyclic amines) is 1. The molecule has 0 radical (unpaired) electrons. The van der Waals surface area contributed by atoms with E-state index in [4.69, 9.17) is 11.1 Å². The lowest BCUT2D eigenvalue weighted by molar-refractivity contribution is 0.169. The summed E-state index contributed by atoms with van der Waals surface area (Å²) in [6.07, 6.45) is 3.61. The molecule has 0 spiro atoms. The first-order chi connectivity index (χ1) is 8.66. The molecule has 1 atom stereocenters. The Morgan fingerprint density at radius 3 is 2.50 bits per heavy atom. The van der Waals surface area contributed by atoms with Gasteiger partial charge < -0.3 is 5.73 Å². The highest BCUT2D eigenvalue weighted by Crippen LogP contribution is 2.22. The second kappa shape index (κ2) is 6.01. The van der Waals surface area contributed by atoms with E-state index in [0.717, 1.165) is 19.0 Å². The highest BCUT2D eigenvalue weighted by molar-refractivity contribution is 5.82. The topological polar surface area (TPSA) is 53.1 Å². The van der Waals surface area contributed by atoms with E-state index in [-0.39, 0.29) is 11.9 Å². The van der Waals surface area contributed by atoms with E-state index in [9.17, 15) is 0 Å². The number of nitrogens with one attached hydrogen (secondary N) is 1. The number of rotatable bonds is 4. The molecule has 0 saturated carbocycles. The van der Waals surface area contributed by atoms with Crippen LogP contribution in [-0.4, -0.2) is 29.9 Å². The second-order valence-electron chi connectivity index (χ2n) is 5.30. The lowest BCUT2D eigenvalue weighted by Gasteiger charge is -2.35. The van der Waals surface area contributed by atoms with Gasteiger partial charge in [-0.05, 0) is 50.8 Å². The molecule has 1 heterocycles. The molecule has 18 heavy (non-hydrogen) atoms. The molecule has 1 aromatic rings. The molecule has 0 amide bonds. The van der Waals surface area contributed by atoms with E-state index in [1.165, 1.54) is 24.8 Å². The Balaban J connectivity index is 1.82. The zero-order chi connectivity index (χ0) is 13.0. The molecular formula is C15H23N3. The summed E-state index contributed by atoms with van der Waals surface area (Å²) in [5.41, 5.74) is 7.01. The molecule has 3 nitrogen and oxygen atoms in total. The number of hydrogen-bond acceptors (Lipinski definition) is 2. The summed E-state index contributed by atoms with van der Waals surface area (Å²) in [6, 6.07) is 10.8. The van der Waals surface area contributed by atoms with Crippen LogP contribution < -0.4 is 5.73 Å². The predicted molar refractivity (Wildman–Crippen MR) is 75.8 cm³/mol. The minimum atomic E-state index is 0.0997. The largest absolute Gasteiger partial charge is 0.386 e. The quantitative estimate of drug-likeness (QED) is 0.631. The molecule has 1 saturated heterocycles. The van der Waals surface area contributed by atoms with Crippen molar-refractivity contribution in [1.29, 1.82) is 5.41 Å². The van der Waals surface area contributed by atoms with Crippen molar-refractivity contribution in [2.24, 2.45) is 11.7 Å². The average Bonchev–Trinajstić information content (AvgIpc) is 2.40. The van der Waals surface area contributed by atoms with Crippen molar-refractivity contribution in [3.8, 4) is 0 Å². The normalized spacial score (nSPS) is 19.6. The average molecular weight is 245 g/mol. The predicted octanol–water partition coefficient (Wildman–Crippen LogP) is 2.27. The van der Waals surface area contributed by atoms with Gasteiger partial charge in [-0.2, -0.15) is 0 Å². The third-order valence-electron chi connectivity index (χ3n) is 4.01. The standard InChI is InChI=1S/C15H23N3/c1-12(15(16)17)18-9-7-14(8-10-18)11-13-5-3-2-4-6-13/h2-6,12,14H,7-11H2,1H3,(H3,16,17). The maximum Gasteiger partial charge on any atom is 0.108 e. The van der Waals surface area contributed by atoms with Crippen molar-refractivity contribution in [2.75, 3.05) is 13.1 Å². The SMILES string of the molecule is CC(C(=N)N)N1CCC(Cc2ccccc2)CC1. The number of piperidine rings is 1. The summed E-state index contributed by atoms with van der Waals surface area (Å²) >= 11 is 0. The van der Waals surface area contributed by atoms with E-state index >= 15 is 0 Å². The second-order valence-corrected chi connectivity index (χ2v) is 5.30. The van der Waals surface area contributed by atoms with Crippen molar-refractivity contribution in [2.45, 2.75) is 32.2 Å². The Morgan fingerprint density at radius 2 is 1.94 bits per heavy atom. The number of amidine groups is 1. The van der Waals surface area contributed by atoms with Gasteiger partial charge in [0.1, 0.15) is 5.84 Å². The van der Waals surface area contributed by atoms with Crippen molar-refractivity contribution in [1.82, 2.24) is 4.90 Å². The van der Waals surface area contributed by atoms with Gasteiger partial charge in [0.15, 0.2) is 0 Å². The number of nitrogens with two attached hydrogens (primary N) is 1. The molecule has 3 N–H and O–H groups in total. The summed E-state index contributed by atoms with van der Waals surface area (Å²) in [7, 11) is 0. The van der Waals surface area contributed by atoms with E-state index in [1.54, 1.807) is 0 Å². The van der Waals surface area contributed by atoms with Gasteiger partial charge >= 0.3 is 0 Å². The maximum absolute atomic E-state index is 7.50. The number of nitrogens with zero attached hydrogens (tertiary/aromatic N) is 1. The van der Waals surface area contributed by atoms with Crippen LogP contribution in [-0.2, 0) is 6.42 Å². The zero-order valence-electron chi connectivity index (χ0n) is 11.1. The van der Waals surface area contributed by atoms with Gasteiger partial charge in [0.2, 0.25) is 0 Å². The summed E-state index contributed by atoms with van der Waals surface area (Å²) in [5, 5.41) is 7.50. The molecule has 1 fully saturated rings. The van der Waals surface area contributed by atoms with E-state index in [0.29, 0.717) is 0 Å². The van der Waals surface area contributed by atoms with Crippen LogP contribution in [0.4, 0.5) is 0 Å². The van der Waals surface area contributed by atoms with Crippen molar-refractivity contribution in [3.63, 3.8) is 0 Å². The first kappa shape index (κ1) is 13.1. The lowest BCUT2D eigenvalue weighted by Crippen LogP contribution is -2.46. The van der Waals surface area contributed by atoms with Crippen LogP contribution in [0.3, 0.4) is 0 Å². The molecule has 3 heteroatoms. The van der Waals surface area contributed by atoms with Gasteiger partial charge in [0, 0.05) is 0 Å². The fourth-order valence-electron chi connectivity index (χ4n) is 2.69. The van der Waals surface area contributed by atoms with E-state index < -0.39 is 0 Å². The molecule has 98 valence electrons. The van der Waals surface area contributed by atoms with Crippen molar-refractivity contribution < 1.29 is 0 Å². The van der Waals surface area contributed by atoms with Crippen LogP contribution in [0.2, 0.25) is 0 Å². The third kappa shape index (κ3) is 3.33. The molecule has 1 unspecified atom stereocenters. The smallest absolute Gasteiger partial charge is 0.108 e. The van der Waals surface area contributed by atoms with Crippen LogP contribution >= 0.6 is 0 Å². The van der Waals surface area contributed by atoms with Gasteiger partial charge in [-0.1, -0.05) is 30.3 Å². The molecule has 2 rings (SSSR count). The fraction of sp³-hybridized carbons (Fsp3) is 0.533. The third-order valence-corrected chi connectivity index (χ3v) is 4.01. The van der Waals surface area contributed by atoms with Crippen molar-refractivity contribution >= 4 is 5.84 Å². The molecule has 1 aliphatic heterocycles. The number of hydrogen-bond donors (Lipinski definition) is 2. The van der Waals surface area contributed by atoms with Gasteiger partial charge in [0.25, 0.3) is 0 Å². The van der Waals surface area contributed by atoms with Crippen LogP contribution in [0.15, 0.2) is 30.3 Å². The zero-order valence-corrected chi connectivity index (χ0v) is 11.1. The Labute approximate surface area is 109 Å². The van der Waals surface area contributed by atoms with E-state index in [2.05, 4.69) is 35.2 Å². The van der Waals surface area contributed by atoms with Gasteiger partial charge in [-0.25, -0.2) is 0 Å². The summed E-state index contributed by atoms with van der Waals surface area (Å²) in [5.74, 6) is 1.07. The van der Waals surface area contributed by atoms with Crippen molar-refractivity contribution in [3.05, 3.63) is 35.9 Å². The molecule has 1 aliphatic rings. The molecular weight excluding hydrogens is 222 g/mol. The summed E-state index contributed by atoms with van der Waals surface area (Å²) in [4.78, 5) is 2.32. The molecule has 0 aromatic heterocycles. The summed E-state index contributed by atoms with van der Waals surface area (Å²) in [6.45, 7) is 4.16. The Morgan fingerprint density at radius 1 is 1.33 bits per heavy atom. The Hall–Kier alpha value is -1.35. The van der Waals surface area contributed by atoms with E-state index in [1.807, 2.05) is 6.92 Å². The molecule has 0 aliphatic carbocycles. The fourth-order valence-corrected chi connectivity index (χ4v) is 2.69. The highest BCUT2D eigenvalue weighted by atomic mass is 15.2. The van der Waals surface area contributed by atoms with Crippen LogP contribution in [0.1, 0.15) is 25.3 Å².